The molecule has 28 heavy (non-hydrogen) atoms. The third-order valence-corrected chi connectivity index (χ3v) is 5.03. The standard InChI is InChI=1S/C15H11ClF4N4O3S/c16-9-6(17)2-1-5(10(9)18)11(8-4-22-15(28-8)27-13(19)20)24-12(25)7-3-21-14(26)23-7/h1-2,4,7,11,13H,3H2,(H,24,25)(H2,21,23,26)/t7-,11+/m0/s1. The molecule has 0 bridgehead atoms. The van der Waals surface area contributed by atoms with E-state index in [2.05, 4.69) is 25.7 Å². The van der Waals surface area contributed by atoms with E-state index in [1.54, 1.807) is 0 Å². The molecule has 3 rings (SSSR count). The molecule has 1 aliphatic heterocycles. The second-order valence-corrected chi connectivity index (χ2v) is 6.92. The van der Waals surface area contributed by atoms with Gasteiger partial charge in [-0.1, -0.05) is 29.0 Å². The van der Waals surface area contributed by atoms with Crippen molar-refractivity contribution < 1.29 is 31.9 Å². The normalized spacial score (nSPS) is 17.2. The zero-order valence-electron chi connectivity index (χ0n) is 13.6. The van der Waals surface area contributed by atoms with Crippen LogP contribution < -0.4 is 20.7 Å². The number of hydrogen-bond donors (Lipinski definition) is 3. The molecule has 1 aromatic carbocycles. The molecule has 1 saturated heterocycles. The SMILES string of the molecule is O=C1NC[C@@H](C(=O)N[C@@H](c2cnc(OC(F)F)s2)c2ccc(F)c(Cl)c2F)N1. The minimum atomic E-state index is -3.12. The molecule has 0 saturated carbocycles. The Morgan fingerprint density at radius 2 is 2.14 bits per heavy atom. The van der Waals surface area contributed by atoms with Gasteiger partial charge in [-0.15, -0.1) is 0 Å². The summed E-state index contributed by atoms with van der Waals surface area (Å²) < 4.78 is 57.0. The number of alkyl halides is 2. The Labute approximate surface area is 164 Å². The number of carbonyl (C=O) groups excluding carboxylic acids is 2. The van der Waals surface area contributed by atoms with Crippen molar-refractivity contribution in [3.8, 4) is 5.19 Å². The Hall–Kier alpha value is -2.60. The fraction of sp³-hybridized carbons (Fsp3) is 0.267. The summed E-state index contributed by atoms with van der Waals surface area (Å²) in [6.45, 7) is -3.13. The molecular formula is C15H11ClF4N4O3S. The van der Waals surface area contributed by atoms with Crippen LogP contribution in [0.5, 0.6) is 5.19 Å². The van der Waals surface area contributed by atoms with Gasteiger partial charge < -0.3 is 20.7 Å². The Bertz CT molecular complexity index is 913. The smallest absolute Gasteiger partial charge is 0.389 e. The number of benzene rings is 1. The molecule has 150 valence electrons. The van der Waals surface area contributed by atoms with Crippen molar-refractivity contribution in [3.05, 3.63) is 45.4 Å². The molecule has 0 aliphatic carbocycles. The van der Waals surface area contributed by atoms with Crippen LogP contribution in [0.2, 0.25) is 5.02 Å². The molecule has 13 heteroatoms. The first kappa shape index (κ1) is 20.1. The van der Waals surface area contributed by atoms with Gasteiger partial charge in [0.1, 0.15) is 22.7 Å². The van der Waals surface area contributed by atoms with Gasteiger partial charge in [0, 0.05) is 18.3 Å². The Morgan fingerprint density at radius 1 is 1.39 bits per heavy atom. The number of halogens is 5. The molecule has 2 heterocycles. The minimum absolute atomic E-state index is 0.00746. The van der Waals surface area contributed by atoms with Gasteiger partial charge in [0.15, 0.2) is 0 Å². The number of thiazole rings is 1. The summed E-state index contributed by atoms with van der Waals surface area (Å²) in [5.41, 5.74) is -0.218. The third kappa shape index (κ3) is 4.28. The predicted molar refractivity (Wildman–Crippen MR) is 90.4 cm³/mol. The number of urea groups is 1. The van der Waals surface area contributed by atoms with Crippen molar-refractivity contribution in [2.24, 2.45) is 0 Å². The fourth-order valence-electron chi connectivity index (χ4n) is 2.46. The number of rotatable bonds is 6. The van der Waals surface area contributed by atoms with Crippen molar-refractivity contribution >= 4 is 34.9 Å². The third-order valence-electron chi connectivity index (χ3n) is 3.73. The molecule has 2 atom stereocenters. The average Bonchev–Trinajstić information content (AvgIpc) is 3.27. The molecule has 1 fully saturated rings. The van der Waals surface area contributed by atoms with E-state index >= 15 is 0 Å². The lowest BCUT2D eigenvalue weighted by Crippen LogP contribution is -2.44. The fourth-order valence-corrected chi connectivity index (χ4v) is 3.47. The van der Waals surface area contributed by atoms with Crippen LogP contribution in [0.1, 0.15) is 16.5 Å². The van der Waals surface area contributed by atoms with Crippen LogP contribution >= 0.6 is 22.9 Å². The number of amides is 3. The molecule has 3 N–H and O–H groups in total. The molecule has 1 aliphatic rings. The minimum Gasteiger partial charge on any atom is -0.408 e. The van der Waals surface area contributed by atoms with E-state index < -0.39 is 52.5 Å². The topological polar surface area (TPSA) is 92.4 Å². The van der Waals surface area contributed by atoms with E-state index in [4.69, 9.17) is 11.6 Å². The van der Waals surface area contributed by atoms with Gasteiger partial charge in [-0.2, -0.15) is 8.78 Å². The molecule has 3 amide bonds. The molecule has 2 aromatic rings. The van der Waals surface area contributed by atoms with Gasteiger partial charge in [0.2, 0.25) is 5.91 Å². The van der Waals surface area contributed by atoms with E-state index in [9.17, 15) is 27.2 Å². The summed E-state index contributed by atoms with van der Waals surface area (Å²) in [6.07, 6.45) is 1.11. The van der Waals surface area contributed by atoms with E-state index in [1.165, 1.54) is 0 Å². The van der Waals surface area contributed by atoms with Crippen molar-refractivity contribution in [2.45, 2.75) is 18.7 Å². The molecule has 7 nitrogen and oxygen atoms in total. The summed E-state index contributed by atoms with van der Waals surface area (Å²) in [6, 6.07) is -0.788. The molecule has 1 aromatic heterocycles. The quantitative estimate of drug-likeness (QED) is 0.477. The molecule has 0 unspecified atom stereocenters. The summed E-state index contributed by atoms with van der Waals surface area (Å²) in [5, 5.41) is 6.02. The zero-order chi connectivity index (χ0) is 20.4. The Morgan fingerprint density at radius 3 is 2.79 bits per heavy atom. The number of carbonyl (C=O) groups is 2. The van der Waals surface area contributed by atoms with Gasteiger partial charge in [0.05, 0.1) is 10.9 Å². The van der Waals surface area contributed by atoms with E-state index in [0.29, 0.717) is 11.3 Å². The van der Waals surface area contributed by atoms with E-state index in [1.807, 2.05) is 0 Å². The van der Waals surface area contributed by atoms with Gasteiger partial charge in [-0.25, -0.2) is 18.6 Å². The van der Waals surface area contributed by atoms with E-state index in [-0.39, 0.29) is 17.0 Å². The van der Waals surface area contributed by atoms with Crippen LogP contribution in [0, 0.1) is 11.6 Å². The first-order valence-electron chi connectivity index (χ1n) is 7.65. The lowest BCUT2D eigenvalue weighted by Gasteiger charge is -2.20. The Balaban J connectivity index is 1.94. The first-order chi connectivity index (χ1) is 13.3. The highest BCUT2D eigenvalue weighted by Crippen LogP contribution is 2.35. The van der Waals surface area contributed by atoms with Crippen LogP contribution in [-0.4, -0.2) is 36.1 Å². The van der Waals surface area contributed by atoms with Crippen molar-refractivity contribution in [3.63, 3.8) is 0 Å². The Kier molecular flexibility index (Phi) is 5.89. The van der Waals surface area contributed by atoms with E-state index in [0.717, 1.165) is 18.3 Å². The maximum Gasteiger partial charge on any atom is 0.389 e. The highest BCUT2D eigenvalue weighted by atomic mass is 35.5. The molecular weight excluding hydrogens is 428 g/mol. The van der Waals surface area contributed by atoms with Crippen molar-refractivity contribution in [1.82, 2.24) is 20.9 Å². The van der Waals surface area contributed by atoms with Gasteiger partial charge in [0.25, 0.3) is 5.19 Å². The predicted octanol–water partition coefficient (Wildman–Crippen LogP) is 2.56. The van der Waals surface area contributed by atoms with Crippen molar-refractivity contribution in [1.29, 1.82) is 0 Å². The summed E-state index contributed by atoms with van der Waals surface area (Å²) in [7, 11) is 0. The van der Waals surface area contributed by atoms with Gasteiger partial charge in [-0.3, -0.25) is 4.79 Å². The summed E-state index contributed by atoms with van der Waals surface area (Å²) >= 11 is 6.24. The first-order valence-corrected chi connectivity index (χ1v) is 8.84. The zero-order valence-corrected chi connectivity index (χ0v) is 15.2. The summed E-state index contributed by atoms with van der Waals surface area (Å²) in [5.74, 6) is -2.83. The number of nitrogens with one attached hydrogen (secondary N) is 3. The van der Waals surface area contributed by atoms with Crippen LogP contribution in [0.4, 0.5) is 22.4 Å². The number of nitrogens with zero attached hydrogens (tertiary/aromatic N) is 1. The highest BCUT2D eigenvalue weighted by molar-refractivity contribution is 7.13. The highest BCUT2D eigenvalue weighted by Gasteiger charge is 2.31. The monoisotopic (exact) mass is 438 g/mol. The van der Waals surface area contributed by atoms with Crippen LogP contribution in [0.3, 0.4) is 0 Å². The second kappa shape index (κ2) is 8.19. The lowest BCUT2D eigenvalue weighted by atomic mass is 10.0. The molecule has 0 spiro atoms. The number of ether oxygens (including phenoxy) is 1. The average molecular weight is 439 g/mol. The maximum atomic E-state index is 14.5. The van der Waals surface area contributed by atoms with Crippen LogP contribution in [0.15, 0.2) is 18.3 Å². The number of aromatic nitrogens is 1. The van der Waals surface area contributed by atoms with Crippen LogP contribution in [-0.2, 0) is 4.79 Å². The second-order valence-electron chi connectivity index (χ2n) is 5.52. The van der Waals surface area contributed by atoms with Gasteiger partial charge >= 0.3 is 12.6 Å². The van der Waals surface area contributed by atoms with Crippen molar-refractivity contribution in [2.75, 3.05) is 6.54 Å². The van der Waals surface area contributed by atoms with Crippen LogP contribution in [0.25, 0.3) is 0 Å². The van der Waals surface area contributed by atoms with Gasteiger partial charge in [-0.05, 0) is 6.07 Å². The number of hydrogen-bond acceptors (Lipinski definition) is 5. The summed E-state index contributed by atoms with van der Waals surface area (Å²) in [4.78, 5) is 27.4. The maximum absolute atomic E-state index is 14.5. The lowest BCUT2D eigenvalue weighted by molar-refractivity contribution is -0.122. The largest absolute Gasteiger partial charge is 0.408 e. The molecule has 0 radical (unpaired) electrons.